The summed E-state index contributed by atoms with van der Waals surface area (Å²) in [5.41, 5.74) is 0. The van der Waals surface area contributed by atoms with E-state index in [0.717, 1.165) is 0 Å². The predicted octanol–water partition coefficient (Wildman–Crippen LogP) is -3.94. The Kier molecular flexibility index (Phi) is 85.8. The Morgan fingerprint density at radius 1 is 1.25 bits per heavy atom. The van der Waals surface area contributed by atoms with E-state index >= 15 is 0 Å². The molecule has 0 saturated carbocycles. The standard InChI is InChI=1S/Al.K.H2O.O.H/h;;1H2;;/q;+1;;;/p-1. The Bertz CT molecular complexity index is 6.00. The molecule has 0 radical (unpaired) electrons. The molecule has 0 aliphatic carbocycles. The third kappa shape index (κ3) is 9.06. The molecule has 0 saturated heterocycles. The maximum absolute atomic E-state index is 8.28. The zero-order chi connectivity index (χ0) is 2.00. The van der Waals surface area contributed by atoms with Crippen LogP contribution in [0.5, 0.6) is 0 Å². The molecule has 0 aromatic heterocycles. The third-order valence-electron chi connectivity index (χ3n) is 0. The predicted molar refractivity (Wildman–Crippen MR) is 9.77 cm³/mol. The van der Waals surface area contributed by atoms with Gasteiger partial charge < -0.3 is 5.48 Å². The van der Waals surface area contributed by atoms with Crippen molar-refractivity contribution in [2.75, 3.05) is 0 Å². The molecule has 1 N–H and O–H groups in total. The summed E-state index contributed by atoms with van der Waals surface area (Å²) in [6.45, 7) is 0. The van der Waals surface area contributed by atoms with Crippen LogP contribution in [0.2, 0.25) is 0 Å². The van der Waals surface area contributed by atoms with Crippen molar-refractivity contribution in [1.29, 1.82) is 0 Å². The molecule has 0 unspecified atom stereocenters. The SMILES string of the molecule is [K+].[OH-].[O]=[AlH]. The minimum absolute atomic E-state index is 0. The zero-order valence-electron chi connectivity index (χ0n) is 2.56. The van der Waals surface area contributed by atoms with Crippen molar-refractivity contribution in [3.05, 3.63) is 0 Å². The molecule has 0 atom stereocenters. The van der Waals surface area contributed by atoms with Gasteiger partial charge in [0.15, 0.2) is 0 Å². The van der Waals surface area contributed by atoms with Gasteiger partial charge in [0.1, 0.15) is 0 Å². The number of hydrogen-bond donors (Lipinski definition) is 0. The van der Waals surface area contributed by atoms with Crippen molar-refractivity contribution in [2.45, 2.75) is 0 Å². The van der Waals surface area contributed by atoms with E-state index in [2.05, 4.69) is 0 Å². The monoisotopic (exact) mass is 100.0 g/mol. The minimum atomic E-state index is 0. The van der Waals surface area contributed by atoms with Crippen molar-refractivity contribution < 1.29 is 60.7 Å². The molecular weight excluding hydrogens is 98.1 g/mol. The second kappa shape index (κ2) is 20.4. The van der Waals surface area contributed by atoms with Crippen LogP contribution < -0.4 is 51.4 Å². The van der Waals surface area contributed by atoms with E-state index in [1.54, 1.807) is 0 Å². The van der Waals surface area contributed by atoms with E-state index in [1.165, 1.54) is 0 Å². The van der Waals surface area contributed by atoms with Crippen molar-refractivity contribution in [2.24, 2.45) is 0 Å². The Balaban J connectivity index is -0.00000000500. The van der Waals surface area contributed by atoms with E-state index in [9.17, 15) is 0 Å². The Hall–Kier alpha value is 1.93. The van der Waals surface area contributed by atoms with E-state index in [0.29, 0.717) is 16.2 Å². The Morgan fingerprint density at radius 2 is 1.25 bits per heavy atom. The molecule has 0 spiro atoms. The van der Waals surface area contributed by atoms with Gasteiger partial charge in [0.25, 0.3) is 0 Å². The van der Waals surface area contributed by atoms with Gasteiger partial charge in [-0.2, -0.15) is 0 Å². The van der Waals surface area contributed by atoms with Crippen LogP contribution in [-0.4, -0.2) is 21.7 Å². The first-order valence-corrected chi connectivity index (χ1v) is 0.866. The van der Waals surface area contributed by atoms with Crippen LogP contribution in [0.3, 0.4) is 0 Å². The summed E-state index contributed by atoms with van der Waals surface area (Å²) in [5, 5.41) is 0. The molecule has 0 aromatic rings. The molecule has 0 aromatic carbocycles. The van der Waals surface area contributed by atoms with Crippen LogP contribution in [0.4, 0.5) is 0 Å². The van der Waals surface area contributed by atoms with Gasteiger partial charge in [0.2, 0.25) is 0 Å². The van der Waals surface area contributed by atoms with Crippen molar-refractivity contribution in [1.82, 2.24) is 0 Å². The molecule has 4 heteroatoms. The molecule has 18 valence electrons. The molecule has 0 fully saturated rings. The summed E-state index contributed by atoms with van der Waals surface area (Å²) in [6, 6.07) is 0. The van der Waals surface area contributed by atoms with Gasteiger partial charge in [0, 0.05) is 0 Å². The van der Waals surface area contributed by atoms with Gasteiger partial charge in [-0.3, -0.25) is 0 Å². The van der Waals surface area contributed by atoms with Gasteiger partial charge in [-0.05, 0) is 0 Å². The molecule has 4 heavy (non-hydrogen) atoms. The fourth-order valence-corrected chi connectivity index (χ4v) is 0. The van der Waals surface area contributed by atoms with E-state index in [1.807, 2.05) is 0 Å². The van der Waals surface area contributed by atoms with Crippen LogP contribution >= 0.6 is 0 Å². The van der Waals surface area contributed by atoms with E-state index in [4.69, 9.17) is 3.80 Å². The molecule has 0 heterocycles. The maximum atomic E-state index is 8.28. The zero-order valence-corrected chi connectivity index (χ0v) is 7.10. The van der Waals surface area contributed by atoms with Crippen molar-refractivity contribution in [3.63, 3.8) is 0 Å². The second-order valence-electron chi connectivity index (χ2n) is 0. The van der Waals surface area contributed by atoms with Crippen LogP contribution in [0.15, 0.2) is 0 Å². The van der Waals surface area contributed by atoms with Gasteiger partial charge in [-0.25, -0.2) is 0 Å². The Labute approximate surface area is 75.3 Å². The van der Waals surface area contributed by atoms with Gasteiger partial charge in [-0.15, -0.1) is 0 Å². The average molecular weight is 100 g/mol. The normalized spacial score (nSPS) is 0.750. The summed E-state index contributed by atoms with van der Waals surface area (Å²) < 4.78 is 8.28. The quantitative estimate of drug-likeness (QED) is 0.292. The molecule has 2 nitrogen and oxygen atoms in total. The first-order valence-electron chi connectivity index (χ1n) is 0.289. The fourth-order valence-electron chi connectivity index (χ4n) is 0. The summed E-state index contributed by atoms with van der Waals surface area (Å²) in [7, 11) is 0. The van der Waals surface area contributed by atoms with Gasteiger partial charge in [-0.1, -0.05) is 0 Å². The van der Waals surface area contributed by atoms with Crippen LogP contribution in [0, 0.1) is 0 Å². The summed E-state index contributed by atoms with van der Waals surface area (Å²) in [4.78, 5) is 0. The number of rotatable bonds is 0. The number of hydrogen-bond acceptors (Lipinski definition) is 2. The van der Waals surface area contributed by atoms with Gasteiger partial charge >= 0.3 is 71.4 Å². The molecule has 0 aliphatic rings. The van der Waals surface area contributed by atoms with Crippen LogP contribution in [0.25, 0.3) is 0 Å². The van der Waals surface area contributed by atoms with Gasteiger partial charge in [0.05, 0.1) is 0 Å². The van der Waals surface area contributed by atoms with Crippen LogP contribution in [0.1, 0.15) is 0 Å². The first kappa shape index (κ1) is 16.8. The third-order valence-corrected chi connectivity index (χ3v) is 0. The van der Waals surface area contributed by atoms with Crippen molar-refractivity contribution in [3.8, 4) is 0 Å². The summed E-state index contributed by atoms with van der Waals surface area (Å²) in [5.74, 6) is 0. The molecule has 0 aliphatic heterocycles. The average Bonchev–Trinajstić information content (AvgIpc) is 1.00. The van der Waals surface area contributed by atoms with E-state index < -0.39 is 0 Å². The summed E-state index contributed by atoms with van der Waals surface area (Å²) >= 11 is 0.611. The second-order valence-corrected chi connectivity index (χ2v) is 0. The van der Waals surface area contributed by atoms with Crippen molar-refractivity contribution >= 4 is 16.2 Å². The molecule has 0 amide bonds. The fraction of sp³-hybridized carbons (Fsp3) is 0. The first-order chi connectivity index (χ1) is 1.00. The Morgan fingerprint density at radius 3 is 1.25 bits per heavy atom. The summed E-state index contributed by atoms with van der Waals surface area (Å²) in [6.07, 6.45) is 0. The topological polar surface area (TPSA) is 47.1 Å². The molecule has 0 bridgehead atoms. The van der Waals surface area contributed by atoms with E-state index in [-0.39, 0.29) is 56.9 Å². The molecule has 0 rings (SSSR count). The molecular formula is H2AlKO2. The van der Waals surface area contributed by atoms with Crippen LogP contribution in [-0.2, 0) is 3.80 Å².